The summed E-state index contributed by atoms with van der Waals surface area (Å²) in [4.78, 5) is 8.26. The molecule has 0 amide bonds. The molecule has 6 aromatic carbocycles. The van der Waals surface area contributed by atoms with Crippen LogP contribution in [-0.4, -0.2) is 18.4 Å². The second-order valence-electron chi connectivity index (χ2n) is 10.4. The molecule has 1 heterocycles. The number of fused-ring (bicyclic) bond motifs is 3. The smallest absolute Gasteiger partial charge is 0.161 e. The number of rotatable bonds is 4. The normalized spacial score (nSPS) is 11.2. The van der Waals surface area contributed by atoms with E-state index in [0.717, 1.165) is 33.4 Å². The third kappa shape index (κ3) is 6.30. The number of hydrogen-bond donors (Lipinski definition) is 1. The first-order chi connectivity index (χ1) is 21.6. The molecule has 0 bridgehead atoms. The van der Waals surface area contributed by atoms with Gasteiger partial charge >= 0.3 is 0 Å². The highest BCUT2D eigenvalue weighted by Gasteiger charge is 2.08. The lowest BCUT2D eigenvalue weighted by molar-refractivity contribution is 0.669. The summed E-state index contributed by atoms with van der Waals surface area (Å²) in [5, 5.41) is 10.6. The second kappa shape index (κ2) is 13.0. The van der Waals surface area contributed by atoms with Crippen LogP contribution in [0.1, 0.15) is 16.7 Å². The lowest BCUT2D eigenvalue weighted by atomic mass is 10.0. The maximum absolute atomic E-state index is 8.21. The Hall–Kier alpha value is -5.87. The zero-order valence-electron chi connectivity index (χ0n) is 24.4. The second-order valence-corrected chi connectivity index (χ2v) is 10.4. The van der Waals surface area contributed by atoms with Crippen LogP contribution in [0.5, 0.6) is 0 Å². The summed E-state index contributed by atoms with van der Waals surface area (Å²) in [5.41, 5.74) is 9.43. The predicted molar refractivity (Wildman–Crippen MR) is 185 cm³/mol. The van der Waals surface area contributed by atoms with E-state index in [4.69, 9.17) is 9.83 Å². The Balaban J connectivity index is 0.000000158. The van der Waals surface area contributed by atoms with E-state index in [9.17, 15) is 0 Å². The number of nitrogens with one attached hydrogen (secondary N) is 1. The number of aliphatic imine (C=N–C) groups is 2. The van der Waals surface area contributed by atoms with Crippen LogP contribution in [0.15, 0.2) is 166 Å². The van der Waals surface area contributed by atoms with Gasteiger partial charge in [0.2, 0.25) is 0 Å². The van der Waals surface area contributed by atoms with Crippen LogP contribution in [-0.2, 0) is 0 Å². The lowest BCUT2D eigenvalue weighted by Gasteiger charge is -2.05. The fourth-order valence-electron chi connectivity index (χ4n) is 5.05. The molecule has 0 aliphatic heterocycles. The van der Waals surface area contributed by atoms with E-state index >= 15 is 0 Å². The van der Waals surface area contributed by atoms with E-state index < -0.39 is 0 Å². The fraction of sp³-hybridized carbons (Fsp3) is 0.0250. The molecule has 4 heteroatoms. The van der Waals surface area contributed by atoms with E-state index in [1.54, 1.807) is 0 Å². The Bertz CT molecular complexity index is 2070. The highest BCUT2D eigenvalue weighted by molar-refractivity contribution is 6.11. The molecule has 7 aromatic rings. The van der Waals surface area contributed by atoms with Crippen molar-refractivity contribution in [2.75, 3.05) is 0 Å². The van der Waals surface area contributed by atoms with Gasteiger partial charge in [0.25, 0.3) is 0 Å². The largest absolute Gasteiger partial charge is 0.456 e. The summed E-state index contributed by atoms with van der Waals surface area (Å²) in [7, 11) is 0. The molecular weight excluding hydrogens is 538 g/mol. The molecule has 0 atom stereocenters. The number of para-hydroxylation sites is 1. The summed E-state index contributed by atoms with van der Waals surface area (Å²) in [6.07, 6.45) is 0. The molecular formula is C40H31N3O. The lowest BCUT2D eigenvalue weighted by Crippen LogP contribution is -2.03. The molecule has 1 N–H and O–H groups in total. The Labute approximate surface area is 257 Å². The zero-order chi connectivity index (χ0) is 30.3. The number of amidine groups is 2. The van der Waals surface area contributed by atoms with Crippen molar-refractivity contribution in [2.45, 2.75) is 6.92 Å². The standard InChI is InChI=1S/C21H17N3.C19H14O/c1-23-21(19-10-6-3-7-11-19)24-20(22)18-14-12-17(13-15-18)16-8-4-2-5-9-16;1-13-6-8-14(9-7-13)15-10-11-17-16-4-2-3-5-18(16)20-19(17)12-15/h2-15,22H,1H2;2-12H,1H3. The molecule has 0 aliphatic carbocycles. The SMILES string of the molecule is C=NC(=NC(=N)c1ccc(-c2ccccc2)cc1)c1ccccc1.Cc1ccc(-c2ccc3c(c2)oc2ccccc23)cc1. The summed E-state index contributed by atoms with van der Waals surface area (Å²) < 4.78 is 5.94. The van der Waals surface area contributed by atoms with Crippen LogP contribution < -0.4 is 0 Å². The molecule has 4 nitrogen and oxygen atoms in total. The third-order valence-electron chi connectivity index (χ3n) is 7.43. The molecule has 0 saturated carbocycles. The van der Waals surface area contributed by atoms with E-state index in [0.29, 0.717) is 5.84 Å². The summed E-state index contributed by atoms with van der Waals surface area (Å²) in [6, 6.07) is 50.7. The predicted octanol–water partition coefficient (Wildman–Crippen LogP) is 10.4. The minimum Gasteiger partial charge on any atom is -0.456 e. The van der Waals surface area contributed by atoms with E-state index in [-0.39, 0.29) is 5.84 Å². The van der Waals surface area contributed by atoms with Crippen molar-refractivity contribution in [1.29, 1.82) is 5.41 Å². The molecule has 1 aromatic heterocycles. The van der Waals surface area contributed by atoms with Gasteiger partial charge < -0.3 is 4.42 Å². The highest BCUT2D eigenvalue weighted by Crippen LogP contribution is 2.32. The van der Waals surface area contributed by atoms with Gasteiger partial charge in [-0.05, 0) is 54.1 Å². The fourth-order valence-corrected chi connectivity index (χ4v) is 5.05. The Morgan fingerprint density at radius 2 is 1.09 bits per heavy atom. The number of benzene rings is 6. The molecule has 0 aliphatic rings. The molecule has 212 valence electrons. The Morgan fingerprint density at radius 3 is 1.80 bits per heavy atom. The topological polar surface area (TPSA) is 61.7 Å². The van der Waals surface area contributed by atoms with Gasteiger partial charge in [-0.25, -0.2) is 9.98 Å². The molecule has 0 spiro atoms. The van der Waals surface area contributed by atoms with Gasteiger partial charge in [-0.2, -0.15) is 0 Å². The van der Waals surface area contributed by atoms with Gasteiger partial charge in [0.1, 0.15) is 11.2 Å². The first kappa shape index (κ1) is 28.3. The average molecular weight is 570 g/mol. The molecule has 7 rings (SSSR count). The Morgan fingerprint density at radius 1 is 0.545 bits per heavy atom. The molecule has 0 unspecified atom stereocenters. The van der Waals surface area contributed by atoms with Crippen LogP contribution in [0.4, 0.5) is 0 Å². The van der Waals surface area contributed by atoms with Crippen molar-refractivity contribution in [2.24, 2.45) is 9.98 Å². The molecule has 0 saturated heterocycles. The van der Waals surface area contributed by atoms with Crippen LogP contribution >= 0.6 is 0 Å². The number of aryl methyl sites for hydroxylation is 1. The maximum Gasteiger partial charge on any atom is 0.161 e. The van der Waals surface area contributed by atoms with E-state index in [2.05, 4.69) is 84.3 Å². The van der Waals surface area contributed by atoms with Crippen LogP contribution in [0, 0.1) is 12.3 Å². The molecule has 44 heavy (non-hydrogen) atoms. The van der Waals surface area contributed by atoms with Crippen molar-refractivity contribution in [3.63, 3.8) is 0 Å². The van der Waals surface area contributed by atoms with E-state index in [1.165, 1.54) is 27.5 Å². The van der Waals surface area contributed by atoms with Crippen molar-refractivity contribution in [3.05, 3.63) is 168 Å². The number of furan rings is 1. The zero-order valence-corrected chi connectivity index (χ0v) is 24.4. The quantitative estimate of drug-likeness (QED) is 0.166. The minimum absolute atomic E-state index is 0.167. The van der Waals surface area contributed by atoms with Crippen LogP contribution in [0.2, 0.25) is 0 Å². The first-order valence-electron chi connectivity index (χ1n) is 14.4. The minimum atomic E-state index is 0.167. The van der Waals surface area contributed by atoms with Gasteiger partial charge in [-0.15, -0.1) is 0 Å². The maximum atomic E-state index is 8.21. The average Bonchev–Trinajstić information content (AvgIpc) is 3.46. The number of hydrogen-bond acceptors (Lipinski definition) is 2. The number of nitrogens with zero attached hydrogens (tertiary/aromatic N) is 2. The van der Waals surface area contributed by atoms with Crippen molar-refractivity contribution in [1.82, 2.24) is 0 Å². The van der Waals surface area contributed by atoms with Crippen LogP contribution in [0.3, 0.4) is 0 Å². The van der Waals surface area contributed by atoms with E-state index in [1.807, 2.05) is 91.0 Å². The Kier molecular flexibility index (Phi) is 8.33. The van der Waals surface area contributed by atoms with Gasteiger partial charge in [-0.3, -0.25) is 5.41 Å². The first-order valence-corrected chi connectivity index (χ1v) is 14.4. The molecule has 0 radical (unpaired) electrons. The highest BCUT2D eigenvalue weighted by atomic mass is 16.3. The van der Waals surface area contributed by atoms with Crippen molar-refractivity contribution >= 4 is 40.3 Å². The van der Waals surface area contributed by atoms with Gasteiger partial charge in [0.05, 0.1) is 0 Å². The van der Waals surface area contributed by atoms with Gasteiger partial charge in [-0.1, -0.05) is 139 Å². The van der Waals surface area contributed by atoms with Crippen LogP contribution in [0.25, 0.3) is 44.2 Å². The van der Waals surface area contributed by atoms with Gasteiger partial charge in [0.15, 0.2) is 11.7 Å². The third-order valence-corrected chi connectivity index (χ3v) is 7.43. The monoisotopic (exact) mass is 569 g/mol. The summed E-state index contributed by atoms with van der Waals surface area (Å²) in [6.45, 7) is 5.66. The summed E-state index contributed by atoms with van der Waals surface area (Å²) in [5.74, 6) is 0.619. The molecule has 0 fully saturated rings. The van der Waals surface area contributed by atoms with Crippen molar-refractivity contribution < 1.29 is 4.42 Å². The van der Waals surface area contributed by atoms with Crippen molar-refractivity contribution in [3.8, 4) is 22.3 Å². The van der Waals surface area contributed by atoms with Gasteiger partial charge in [0, 0.05) is 21.9 Å². The summed E-state index contributed by atoms with van der Waals surface area (Å²) >= 11 is 0.